The molecule has 4 nitrogen and oxygen atoms in total. The van der Waals surface area contributed by atoms with Gasteiger partial charge in [-0.25, -0.2) is 12.7 Å². The van der Waals surface area contributed by atoms with Crippen LogP contribution in [-0.4, -0.2) is 36.0 Å². The quantitative estimate of drug-likeness (QED) is 0.600. The Kier molecular flexibility index (Phi) is 2.79. The van der Waals surface area contributed by atoms with Crippen molar-refractivity contribution < 1.29 is 13.2 Å². The van der Waals surface area contributed by atoms with Crippen molar-refractivity contribution in [2.24, 2.45) is 0 Å². The van der Waals surface area contributed by atoms with Gasteiger partial charge in [0.1, 0.15) is 5.08 Å². The molecule has 1 rings (SSSR count). The fourth-order valence-electron chi connectivity index (χ4n) is 0.858. The molecule has 0 radical (unpaired) electrons. The van der Waals surface area contributed by atoms with E-state index in [0.29, 0.717) is 0 Å². The number of carbonyl (C=O) groups is 1. The van der Waals surface area contributed by atoms with Crippen LogP contribution in [0.25, 0.3) is 0 Å². The van der Waals surface area contributed by atoms with E-state index >= 15 is 0 Å². The topological polar surface area (TPSA) is 54.5 Å². The van der Waals surface area contributed by atoms with Gasteiger partial charge in [-0.1, -0.05) is 6.08 Å². The summed E-state index contributed by atoms with van der Waals surface area (Å²) in [6.45, 7) is 3.47. The van der Waals surface area contributed by atoms with Gasteiger partial charge in [0.05, 0.1) is 12.3 Å². The van der Waals surface area contributed by atoms with Gasteiger partial charge in [-0.15, -0.1) is 18.3 Å². The lowest BCUT2D eigenvalue weighted by molar-refractivity contribution is -0.123. The van der Waals surface area contributed by atoms with Gasteiger partial charge in [-0.05, 0) is 0 Å². The third-order valence-electron chi connectivity index (χ3n) is 1.37. The summed E-state index contributed by atoms with van der Waals surface area (Å²) in [5.74, 6) is -0.112. The molecule has 6 heteroatoms. The number of hydrogen-bond acceptors (Lipinski definition) is 4. The Bertz CT molecular complexity index is 296. The normalized spacial score (nSPS) is 22.3. The Morgan fingerprint density at radius 3 is 2.83 bits per heavy atom. The molecule has 1 saturated heterocycles. The van der Waals surface area contributed by atoms with Gasteiger partial charge in [-0.3, -0.25) is 4.79 Å². The van der Waals surface area contributed by atoms with Gasteiger partial charge in [0, 0.05) is 0 Å². The average Bonchev–Trinajstić information content (AvgIpc) is 1.97. The number of hydrogen-bond donors (Lipinski definition) is 0. The average molecular weight is 207 g/mol. The molecule has 1 heterocycles. The molecule has 0 aromatic rings. The lowest BCUT2D eigenvalue weighted by atomic mass is 10.6. The van der Waals surface area contributed by atoms with E-state index in [4.69, 9.17) is 0 Å². The molecule has 68 valence electrons. The summed E-state index contributed by atoms with van der Waals surface area (Å²) < 4.78 is 23.3. The Hall–Kier alpha value is -0.490. The number of sulfonamides is 1. The molecule has 12 heavy (non-hydrogen) atoms. The first-order valence-corrected chi connectivity index (χ1v) is 6.06. The van der Waals surface area contributed by atoms with Gasteiger partial charge in [0.25, 0.3) is 0 Å². The second-order valence-electron chi connectivity index (χ2n) is 2.29. The molecule has 1 amide bonds. The van der Waals surface area contributed by atoms with Crippen molar-refractivity contribution in [2.75, 3.05) is 17.4 Å². The molecule has 0 spiro atoms. The second-order valence-corrected chi connectivity index (χ2v) is 5.54. The van der Waals surface area contributed by atoms with Crippen molar-refractivity contribution in [1.29, 1.82) is 0 Å². The first-order valence-electron chi connectivity index (χ1n) is 3.30. The predicted molar refractivity (Wildman–Crippen MR) is 48.2 cm³/mol. The van der Waals surface area contributed by atoms with Crippen LogP contribution in [0.3, 0.4) is 0 Å². The molecule has 0 aromatic heterocycles. The molecule has 1 aliphatic heterocycles. The van der Waals surface area contributed by atoms with Crippen molar-refractivity contribution in [3.63, 3.8) is 0 Å². The molecule has 0 N–H and O–H groups in total. The molecule has 0 aliphatic carbocycles. The number of rotatable bonds is 2. The van der Waals surface area contributed by atoms with E-state index in [-0.39, 0.29) is 23.3 Å². The fourth-order valence-corrected chi connectivity index (χ4v) is 3.66. The number of carbonyl (C=O) groups excluding carboxylic acids is 1. The van der Waals surface area contributed by atoms with Crippen molar-refractivity contribution in [3.8, 4) is 0 Å². The Balaban J connectivity index is 2.88. The first kappa shape index (κ1) is 9.60. The summed E-state index contributed by atoms with van der Waals surface area (Å²) in [4.78, 5) is 11.1. The maximum atomic E-state index is 11.2. The zero-order valence-corrected chi connectivity index (χ0v) is 8.03. The Labute approximate surface area is 75.7 Å². The standard InChI is InChI=1S/C6H9NO3S2/c1-2-3-7-6(8)4-11-5-12(7,9)10/h2H,1,3-5H2. The molecule has 0 bridgehead atoms. The van der Waals surface area contributed by atoms with Gasteiger partial charge in [0.2, 0.25) is 15.9 Å². The first-order chi connectivity index (χ1) is 5.58. The molecule has 0 unspecified atom stereocenters. The molecule has 0 aromatic carbocycles. The van der Waals surface area contributed by atoms with Crippen LogP contribution in [0, 0.1) is 0 Å². The van der Waals surface area contributed by atoms with E-state index < -0.39 is 10.0 Å². The minimum atomic E-state index is -3.36. The van der Waals surface area contributed by atoms with E-state index in [0.717, 1.165) is 16.1 Å². The highest BCUT2D eigenvalue weighted by Gasteiger charge is 2.30. The van der Waals surface area contributed by atoms with Crippen LogP contribution < -0.4 is 0 Å². The summed E-state index contributed by atoms with van der Waals surface area (Å²) in [6, 6.07) is 0. The summed E-state index contributed by atoms with van der Waals surface area (Å²) >= 11 is 1.13. The minimum absolute atomic E-state index is 0.00736. The molecule has 1 fully saturated rings. The fraction of sp³-hybridized carbons (Fsp3) is 0.500. The lowest BCUT2D eigenvalue weighted by Crippen LogP contribution is -2.42. The maximum absolute atomic E-state index is 11.2. The van der Waals surface area contributed by atoms with E-state index in [1.807, 2.05) is 0 Å². The van der Waals surface area contributed by atoms with Crippen molar-refractivity contribution >= 4 is 27.7 Å². The highest BCUT2D eigenvalue weighted by atomic mass is 32.3. The van der Waals surface area contributed by atoms with Crippen molar-refractivity contribution in [3.05, 3.63) is 12.7 Å². The number of thioether (sulfide) groups is 1. The highest BCUT2D eigenvalue weighted by Crippen LogP contribution is 2.18. The van der Waals surface area contributed by atoms with Crippen LogP contribution in [0.4, 0.5) is 0 Å². The van der Waals surface area contributed by atoms with Crippen LogP contribution in [-0.2, 0) is 14.8 Å². The SMILES string of the molecule is C=CCN1C(=O)CSCS1(=O)=O. The monoisotopic (exact) mass is 207 g/mol. The van der Waals surface area contributed by atoms with Gasteiger partial charge in [0.15, 0.2) is 0 Å². The largest absolute Gasteiger partial charge is 0.273 e. The van der Waals surface area contributed by atoms with E-state index in [1.165, 1.54) is 6.08 Å². The van der Waals surface area contributed by atoms with Gasteiger partial charge < -0.3 is 0 Å². The van der Waals surface area contributed by atoms with Crippen LogP contribution in [0.5, 0.6) is 0 Å². The number of nitrogens with zero attached hydrogens (tertiary/aromatic N) is 1. The molecular weight excluding hydrogens is 198 g/mol. The predicted octanol–water partition coefficient (Wildman–Crippen LogP) is 0.0351. The zero-order valence-electron chi connectivity index (χ0n) is 6.39. The third-order valence-corrected chi connectivity index (χ3v) is 4.70. The van der Waals surface area contributed by atoms with E-state index in [1.54, 1.807) is 0 Å². The molecular formula is C6H9NO3S2. The number of amides is 1. The summed E-state index contributed by atoms with van der Waals surface area (Å²) in [7, 11) is -3.36. The smallest absolute Gasteiger partial charge is 0.247 e. The highest BCUT2D eigenvalue weighted by molar-refractivity contribution is 8.13. The van der Waals surface area contributed by atoms with Crippen LogP contribution >= 0.6 is 11.8 Å². The van der Waals surface area contributed by atoms with Gasteiger partial charge >= 0.3 is 0 Å². The van der Waals surface area contributed by atoms with Crippen LogP contribution in [0.1, 0.15) is 0 Å². The van der Waals surface area contributed by atoms with Crippen LogP contribution in [0.2, 0.25) is 0 Å². The Morgan fingerprint density at radius 1 is 1.67 bits per heavy atom. The Morgan fingerprint density at radius 2 is 2.33 bits per heavy atom. The summed E-state index contributed by atoms with van der Waals surface area (Å²) in [5, 5.41) is -0.00736. The second kappa shape index (κ2) is 3.49. The third kappa shape index (κ3) is 1.81. The van der Waals surface area contributed by atoms with Crippen molar-refractivity contribution in [2.45, 2.75) is 0 Å². The molecule has 0 atom stereocenters. The van der Waals surface area contributed by atoms with Crippen LogP contribution in [0.15, 0.2) is 12.7 Å². The van der Waals surface area contributed by atoms with Gasteiger partial charge in [-0.2, -0.15) is 0 Å². The minimum Gasteiger partial charge on any atom is -0.273 e. The van der Waals surface area contributed by atoms with E-state index in [2.05, 4.69) is 6.58 Å². The summed E-state index contributed by atoms with van der Waals surface area (Å²) in [6.07, 6.45) is 1.41. The van der Waals surface area contributed by atoms with Crippen molar-refractivity contribution in [1.82, 2.24) is 4.31 Å². The molecule has 0 saturated carbocycles. The zero-order chi connectivity index (χ0) is 9.19. The summed E-state index contributed by atoms with van der Waals surface area (Å²) in [5.41, 5.74) is 0. The van der Waals surface area contributed by atoms with E-state index in [9.17, 15) is 13.2 Å². The molecule has 1 aliphatic rings. The lowest BCUT2D eigenvalue weighted by Gasteiger charge is -2.24. The maximum Gasteiger partial charge on any atom is 0.247 e.